The van der Waals surface area contributed by atoms with Gasteiger partial charge in [-0.3, -0.25) is 10.1 Å². The van der Waals surface area contributed by atoms with Crippen molar-refractivity contribution in [3.8, 4) is 0 Å². The van der Waals surface area contributed by atoms with E-state index in [9.17, 15) is 4.79 Å². The summed E-state index contributed by atoms with van der Waals surface area (Å²) in [5.74, 6) is 0.342. The van der Waals surface area contributed by atoms with Gasteiger partial charge in [0.2, 0.25) is 5.91 Å². The molecule has 1 spiro atoms. The van der Waals surface area contributed by atoms with Crippen LogP contribution in [0.3, 0.4) is 0 Å². The van der Waals surface area contributed by atoms with Crippen molar-refractivity contribution in [2.24, 2.45) is 0 Å². The first kappa shape index (κ1) is 15.0. The van der Waals surface area contributed by atoms with Gasteiger partial charge in [-0.15, -0.1) is 11.3 Å². The van der Waals surface area contributed by atoms with Gasteiger partial charge >= 0.3 is 0 Å². The lowest BCUT2D eigenvalue weighted by atomic mass is 10.1. The Labute approximate surface area is 131 Å². The Morgan fingerprint density at radius 3 is 2.71 bits per heavy atom. The van der Waals surface area contributed by atoms with E-state index in [2.05, 4.69) is 34.7 Å². The molecule has 2 aliphatic rings. The Bertz CT molecular complexity index is 467. The molecule has 1 amide bonds. The van der Waals surface area contributed by atoms with Gasteiger partial charge in [0.25, 0.3) is 0 Å². The van der Waals surface area contributed by atoms with Crippen LogP contribution in [-0.2, 0) is 4.79 Å². The molecule has 1 atom stereocenters. The summed E-state index contributed by atoms with van der Waals surface area (Å²) in [5.41, 5.74) is -0.198. The molecule has 1 aromatic rings. The number of nitrogens with one attached hydrogen (secondary N) is 1. The minimum atomic E-state index is -0.198. The maximum absolute atomic E-state index is 12.6. The minimum absolute atomic E-state index is 0.121. The van der Waals surface area contributed by atoms with Gasteiger partial charge in [-0.2, -0.15) is 0 Å². The third-order valence-electron chi connectivity index (χ3n) is 4.71. The quantitative estimate of drug-likeness (QED) is 0.734. The highest BCUT2D eigenvalue weighted by molar-refractivity contribution is 7.10. The molecule has 2 fully saturated rings. The summed E-state index contributed by atoms with van der Waals surface area (Å²) in [6, 6.07) is 4.22. The molecule has 2 heterocycles. The minimum Gasteiger partial charge on any atom is -0.320 e. The average Bonchev–Trinajstić information content (AvgIpc) is 2.96. The van der Waals surface area contributed by atoms with Gasteiger partial charge < -0.3 is 4.90 Å². The molecular formula is C17H26N2OS. The van der Waals surface area contributed by atoms with Crippen LogP contribution in [0.4, 0.5) is 0 Å². The summed E-state index contributed by atoms with van der Waals surface area (Å²) in [6.07, 6.45) is 9.79. The van der Waals surface area contributed by atoms with E-state index in [1.807, 2.05) is 0 Å². The fourth-order valence-corrected chi connectivity index (χ4v) is 4.03. The molecule has 1 unspecified atom stereocenters. The third kappa shape index (κ3) is 3.16. The van der Waals surface area contributed by atoms with E-state index < -0.39 is 0 Å². The number of hydrogen-bond acceptors (Lipinski definition) is 3. The maximum atomic E-state index is 12.6. The van der Waals surface area contributed by atoms with E-state index in [0.717, 1.165) is 25.8 Å². The Hall–Kier alpha value is -0.870. The zero-order valence-electron chi connectivity index (χ0n) is 12.9. The number of rotatable bonds is 8. The van der Waals surface area contributed by atoms with Crippen molar-refractivity contribution in [2.75, 3.05) is 6.54 Å². The summed E-state index contributed by atoms with van der Waals surface area (Å²) in [4.78, 5) is 16.0. The molecule has 3 nitrogen and oxygen atoms in total. The molecule has 116 valence electrons. The average molecular weight is 306 g/mol. The number of carbonyl (C=O) groups is 1. The van der Waals surface area contributed by atoms with Crippen molar-refractivity contribution in [2.45, 2.75) is 70.0 Å². The highest BCUT2D eigenvalue weighted by Crippen LogP contribution is 2.46. The summed E-state index contributed by atoms with van der Waals surface area (Å²) in [5, 5.41) is 5.69. The van der Waals surface area contributed by atoms with Crippen molar-refractivity contribution in [3.63, 3.8) is 0 Å². The molecule has 1 aliphatic heterocycles. The zero-order valence-corrected chi connectivity index (χ0v) is 13.8. The van der Waals surface area contributed by atoms with Crippen molar-refractivity contribution in [3.05, 3.63) is 22.4 Å². The van der Waals surface area contributed by atoms with Crippen LogP contribution in [0.2, 0.25) is 0 Å². The second-order valence-electron chi connectivity index (χ2n) is 6.41. The number of hydrogen-bond donors (Lipinski definition) is 1. The number of carbonyl (C=O) groups excluding carboxylic acids is 1. The zero-order chi connectivity index (χ0) is 14.7. The SMILES string of the molecule is CCCCCCCCN1C(=O)C2(CC2)NC1c1cccs1. The predicted octanol–water partition coefficient (Wildman–Crippen LogP) is 4.07. The normalized spacial score (nSPS) is 23.2. The van der Waals surface area contributed by atoms with Crippen LogP contribution in [0.1, 0.15) is 69.3 Å². The van der Waals surface area contributed by atoms with E-state index in [-0.39, 0.29) is 11.7 Å². The maximum Gasteiger partial charge on any atom is 0.244 e. The van der Waals surface area contributed by atoms with Crippen LogP contribution >= 0.6 is 11.3 Å². The molecule has 21 heavy (non-hydrogen) atoms. The van der Waals surface area contributed by atoms with E-state index in [1.165, 1.54) is 37.0 Å². The molecule has 1 aliphatic carbocycles. The molecule has 1 N–H and O–H groups in total. The smallest absolute Gasteiger partial charge is 0.244 e. The number of nitrogens with zero attached hydrogens (tertiary/aromatic N) is 1. The lowest BCUT2D eigenvalue weighted by molar-refractivity contribution is -0.130. The van der Waals surface area contributed by atoms with E-state index in [0.29, 0.717) is 5.91 Å². The molecule has 1 saturated carbocycles. The second kappa shape index (κ2) is 6.49. The Kier molecular flexibility index (Phi) is 4.65. The summed E-state index contributed by atoms with van der Waals surface area (Å²) in [6.45, 7) is 3.15. The lowest BCUT2D eigenvalue weighted by Crippen LogP contribution is -2.32. The van der Waals surface area contributed by atoms with Gasteiger partial charge in [0.1, 0.15) is 11.7 Å². The largest absolute Gasteiger partial charge is 0.320 e. The van der Waals surface area contributed by atoms with Crippen molar-refractivity contribution >= 4 is 17.2 Å². The monoisotopic (exact) mass is 306 g/mol. The van der Waals surface area contributed by atoms with Gasteiger partial charge in [0, 0.05) is 11.4 Å². The standard InChI is InChI=1S/C17H26N2OS/c1-2-3-4-5-6-7-12-19-15(14-9-8-13-21-14)18-17(10-11-17)16(19)20/h8-9,13,15,18H,2-7,10-12H2,1H3. The van der Waals surface area contributed by atoms with Crippen LogP contribution in [0.15, 0.2) is 17.5 Å². The van der Waals surface area contributed by atoms with Gasteiger partial charge in [-0.25, -0.2) is 0 Å². The Morgan fingerprint density at radius 2 is 2.05 bits per heavy atom. The number of unbranched alkanes of at least 4 members (excludes halogenated alkanes) is 5. The first-order valence-electron chi connectivity index (χ1n) is 8.39. The second-order valence-corrected chi connectivity index (χ2v) is 7.39. The summed E-state index contributed by atoms with van der Waals surface area (Å²) in [7, 11) is 0. The van der Waals surface area contributed by atoms with Gasteiger partial charge in [-0.1, -0.05) is 45.1 Å². The van der Waals surface area contributed by atoms with E-state index >= 15 is 0 Å². The van der Waals surface area contributed by atoms with Crippen molar-refractivity contribution < 1.29 is 4.79 Å². The molecule has 1 aromatic heterocycles. The first-order chi connectivity index (χ1) is 10.3. The van der Waals surface area contributed by atoms with Gasteiger partial charge in [0.15, 0.2) is 0 Å². The van der Waals surface area contributed by atoms with Crippen molar-refractivity contribution in [1.29, 1.82) is 0 Å². The molecule has 0 radical (unpaired) electrons. The van der Waals surface area contributed by atoms with Crippen LogP contribution in [0.5, 0.6) is 0 Å². The summed E-state index contributed by atoms with van der Waals surface area (Å²) >= 11 is 1.75. The fourth-order valence-electron chi connectivity index (χ4n) is 3.24. The van der Waals surface area contributed by atoms with Crippen LogP contribution < -0.4 is 5.32 Å². The van der Waals surface area contributed by atoms with Crippen LogP contribution in [0, 0.1) is 0 Å². The lowest BCUT2D eigenvalue weighted by Gasteiger charge is -2.23. The van der Waals surface area contributed by atoms with Gasteiger partial charge in [-0.05, 0) is 30.7 Å². The van der Waals surface area contributed by atoms with E-state index in [4.69, 9.17) is 0 Å². The van der Waals surface area contributed by atoms with Crippen LogP contribution in [0.25, 0.3) is 0 Å². The molecule has 4 heteroatoms. The molecule has 0 bridgehead atoms. The number of thiophene rings is 1. The topological polar surface area (TPSA) is 32.3 Å². The fraction of sp³-hybridized carbons (Fsp3) is 0.706. The van der Waals surface area contributed by atoms with Crippen LogP contribution in [-0.4, -0.2) is 22.9 Å². The predicted molar refractivity (Wildman–Crippen MR) is 87.2 cm³/mol. The van der Waals surface area contributed by atoms with E-state index in [1.54, 1.807) is 11.3 Å². The third-order valence-corrected chi connectivity index (χ3v) is 5.63. The van der Waals surface area contributed by atoms with Gasteiger partial charge in [0.05, 0.1) is 0 Å². The number of amides is 1. The highest BCUT2D eigenvalue weighted by Gasteiger charge is 2.59. The molecule has 0 aromatic carbocycles. The Balaban J connectivity index is 1.55. The summed E-state index contributed by atoms with van der Waals surface area (Å²) < 4.78 is 0. The first-order valence-corrected chi connectivity index (χ1v) is 9.27. The van der Waals surface area contributed by atoms with Crippen molar-refractivity contribution in [1.82, 2.24) is 10.2 Å². The molecular weight excluding hydrogens is 280 g/mol. The highest BCUT2D eigenvalue weighted by atomic mass is 32.1. The molecule has 1 saturated heterocycles. The Morgan fingerprint density at radius 1 is 1.29 bits per heavy atom. The molecule has 3 rings (SSSR count).